The number of methoxy groups -OCH3 is 1. The lowest BCUT2D eigenvalue weighted by atomic mass is 9.96. The summed E-state index contributed by atoms with van der Waals surface area (Å²) in [6.45, 7) is 4.10. The van der Waals surface area contributed by atoms with Gasteiger partial charge in [-0.15, -0.1) is 0 Å². The quantitative estimate of drug-likeness (QED) is 0.747. The number of hydrogen-bond donors (Lipinski definition) is 2. The van der Waals surface area contributed by atoms with Crippen LogP contribution in [0, 0.1) is 5.92 Å². The zero-order valence-electron chi connectivity index (χ0n) is 15.2. The van der Waals surface area contributed by atoms with E-state index < -0.39 is 0 Å². The maximum absolute atomic E-state index is 12.9. The van der Waals surface area contributed by atoms with E-state index in [9.17, 15) is 9.59 Å². The highest BCUT2D eigenvalue weighted by Gasteiger charge is 2.29. The summed E-state index contributed by atoms with van der Waals surface area (Å²) < 4.78 is 10.8. The number of rotatable bonds is 7. The molecule has 3 N–H and O–H groups in total. The molecule has 1 aromatic carbocycles. The lowest BCUT2D eigenvalue weighted by Crippen LogP contribution is -2.46. The Morgan fingerprint density at radius 1 is 1.42 bits per heavy atom. The van der Waals surface area contributed by atoms with Gasteiger partial charge in [-0.1, -0.05) is 11.6 Å². The average Bonchev–Trinajstić information content (AvgIpc) is 2.67. The van der Waals surface area contributed by atoms with Crippen LogP contribution in [0.25, 0.3) is 0 Å². The van der Waals surface area contributed by atoms with Crippen LogP contribution in [0.3, 0.4) is 0 Å². The van der Waals surface area contributed by atoms with Crippen LogP contribution in [0.1, 0.15) is 30.1 Å². The molecule has 1 atom stereocenters. The number of nitrogens with zero attached hydrogens (tertiary/aromatic N) is 1. The van der Waals surface area contributed by atoms with E-state index in [1.807, 2.05) is 6.92 Å². The van der Waals surface area contributed by atoms with E-state index in [0.29, 0.717) is 54.9 Å². The van der Waals surface area contributed by atoms with Crippen molar-refractivity contribution < 1.29 is 19.1 Å². The number of benzene rings is 1. The Balaban J connectivity index is 2.15. The molecule has 1 aliphatic rings. The third-order valence-corrected chi connectivity index (χ3v) is 4.57. The molecule has 2 amide bonds. The lowest BCUT2D eigenvalue weighted by Gasteiger charge is -2.32. The van der Waals surface area contributed by atoms with Crippen molar-refractivity contribution in [2.75, 3.05) is 39.9 Å². The SMILES string of the molecule is CCOc1c(Cl)cc(C(=O)N2CCCC(C(=O)NCCN)C2)cc1OC. The second-order valence-electron chi connectivity index (χ2n) is 6.09. The topological polar surface area (TPSA) is 93.9 Å². The fourth-order valence-corrected chi connectivity index (χ4v) is 3.29. The highest BCUT2D eigenvalue weighted by Crippen LogP contribution is 2.37. The van der Waals surface area contributed by atoms with Crippen molar-refractivity contribution in [2.24, 2.45) is 11.7 Å². The van der Waals surface area contributed by atoms with E-state index in [2.05, 4.69) is 5.32 Å². The molecule has 26 heavy (non-hydrogen) atoms. The van der Waals surface area contributed by atoms with Crippen LogP contribution < -0.4 is 20.5 Å². The molecule has 1 heterocycles. The Morgan fingerprint density at radius 3 is 2.85 bits per heavy atom. The summed E-state index contributed by atoms with van der Waals surface area (Å²) in [7, 11) is 1.50. The predicted molar refractivity (Wildman–Crippen MR) is 99.9 cm³/mol. The minimum atomic E-state index is -0.223. The maximum Gasteiger partial charge on any atom is 0.254 e. The van der Waals surface area contributed by atoms with Crippen molar-refractivity contribution in [3.8, 4) is 11.5 Å². The van der Waals surface area contributed by atoms with Crippen molar-refractivity contribution in [3.63, 3.8) is 0 Å². The van der Waals surface area contributed by atoms with Crippen molar-refractivity contribution in [1.29, 1.82) is 0 Å². The fraction of sp³-hybridized carbons (Fsp3) is 0.556. The fourth-order valence-electron chi connectivity index (χ4n) is 3.03. The molecule has 8 heteroatoms. The molecule has 1 aromatic rings. The summed E-state index contributed by atoms with van der Waals surface area (Å²) in [5.74, 6) is 0.377. The van der Waals surface area contributed by atoms with Crippen LogP contribution in [0.2, 0.25) is 5.02 Å². The van der Waals surface area contributed by atoms with E-state index >= 15 is 0 Å². The van der Waals surface area contributed by atoms with Gasteiger partial charge in [0.25, 0.3) is 5.91 Å². The monoisotopic (exact) mass is 383 g/mol. The molecule has 144 valence electrons. The van der Waals surface area contributed by atoms with Crippen LogP contribution in [-0.4, -0.2) is 56.6 Å². The normalized spacial score (nSPS) is 16.9. The number of nitrogens with one attached hydrogen (secondary N) is 1. The first-order valence-corrected chi connectivity index (χ1v) is 9.17. The molecule has 1 unspecified atom stereocenters. The molecule has 0 radical (unpaired) electrons. The Morgan fingerprint density at radius 2 is 2.19 bits per heavy atom. The van der Waals surface area contributed by atoms with Crippen molar-refractivity contribution in [2.45, 2.75) is 19.8 Å². The van der Waals surface area contributed by atoms with Gasteiger partial charge in [0.15, 0.2) is 11.5 Å². The van der Waals surface area contributed by atoms with E-state index in [-0.39, 0.29) is 17.7 Å². The molecule has 0 aliphatic carbocycles. The molecule has 0 saturated carbocycles. The number of nitrogens with two attached hydrogens (primary N) is 1. The molecule has 1 aliphatic heterocycles. The predicted octanol–water partition coefficient (Wildman–Crippen LogP) is 1.67. The number of amides is 2. The number of piperidine rings is 1. The lowest BCUT2D eigenvalue weighted by molar-refractivity contribution is -0.126. The molecule has 2 rings (SSSR count). The summed E-state index contributed by atoms with van der Waals surface area (Å²) in [6.07, 6.45) is 1.53. The van der Waals surface area contributed by atoms with Gasteiger partial charge < -0.3 is 25.4 Å². The number of hydrogen-bond acceptors (Lipinski definition) is 5. The van der Waals surface area contributed by atoms with Crippen LogP contribution >= 0.6 is 11.6 Å². The Kier molecular flexibility index (Phi) is 7.53. The summed E-state index contributed by atoms with van der Waals surface area (Å²) in [5.41, 5.74) is 5.83. The van der Waals surface area contributed by atoms with Gasteiger partial charge in [0.2, 0.25) is 5.91 Å². The van der Waals surface area contributed by atoms with Crippen molar-refractivity contribution in [3.05, 3.63) is 22.7 Å². The summed E-state index contributed by atoms with van der Waals surface area (Å²) in [5, 5.41) is 3.11. The third kappa shape index (κ3) is 4.80. The van der Waals surface area contributed by atoms with Gasteiger partial charge in [-0.2, -0.15) is 0 Å². The van der Waals surface area contributed by atoms with Crippen LogP contribution in [0.15, 0.2) is 12.1 Å². The number of halogens is 1. The minimum absolute atomic E-state index is 0.0599. The molecular weight excluding hydrogens is 358 g/mol. The summed E-state index contributed by atoms with van der Waals surface area (Å²) in [4.78, 5) is 26.7. The van der Waals surface area contributed by atoms with Crippen LogP contribution in [0.4, 0.5) is 0 Å². The highest BCUT2D eigenvalue weighted by molar-refractivity contribution is 6.32. The molecule has 0 aromatic heterocycles. The highest BCUT2D eigenvalue weighted by atomic mass is 35.5. The number of carbonyl (C=O) groups excluding carboxylic acids is 2. The van der Waals surface area contributed by atoms with Gasteiger partial charge in [-0.3, -0.25) is 9.59 Å². The number of carbonyl (C=O) groups is 2. The summed E-state index contributed by atoms with van der Waals surface area (Å²) in [6, 6.07) is 3.20. The van der Waals surface area contributed by atoms with Gasteiger partial charge in [0.1, 0.15) is 0 Å². The zero-order chi connectivity index (χ0) is 19.1. The number of likely N-dealkylation sites (tertiary alicyclic amines) is 1. The summed E-state index contributed by atoms with van der Waals surface area (Å²) >= 11 is 6.26. The second kappa shape index (κ2) is 9.64. The van der Waals surface area contributed by atoms with E-state index in [1.165, 1.54) is 7.11 Å². The van der Waals surface area contributed by atoms with Gasteiger partial charge in [0.05, 0.1) is 24.7 Å². The largest absolute Gasteiger partial charge is 0.493 e. The number of ether oxygens (including phenoxy) is 2. The molecule has 0 bridgehead atoms. The van der Waals surface area contributed by atoms with E-state index in [4.69, 9.17) is 26.8 Å². The molecule has 1 saturated heterocycles. The van der Waals surface area contributed by atoms with Gasteiger partial charge in [-0.05, 0) is 31.9 Å². The van der Waals surface area contributed by atoms with Gasteiger partial charge in [0, 0.05) is 31.7 Å². The van der Waals surface area contributed by atoms with Crippen molar-refractivity contribution >= 4 is 23.4 Å². The first-order valence-electron chi connectivity index (χ1n) is 8.79. The average molecular weight is 384 g/mol. The second-order valence-corrected chi connectivity index (χ2v) is 6.50. The van der Waals surface area contributed by atoms with E-state index in [1.54, 1.807) is 17.0 Å². The smallest absolute Gasteiger partial charge is 0.254 e. The molecule has 7 nitrogen and oxygen atoms in total. The standard InChI is InChI=1S/C18H26ClN3O4/c1-3-26-16-14(19)9-13(10-15(16)25-2)18(24)22-8-4-5-12(11-22)17(23)21-7-6-20/h9-10,12H,3-8,11,20H2,1-2H3,(H,21,23). The molecule has 0 spiro atoms. The van der Waals surface area contributed by atoms with Gasteiger partial charge in [-0.25, -0.2) is 0 Å². The molecule has 1 fully saturated rings. The Labute approximate surface area is 158 Å². The first kappa shape index (κ1) is 20.3. The minimum Gasteiger partial charge on any atom is -0.493 e. The maximum atomic E-state index is 12.9. The van der Waals surface area contributed by atoms with Crippen LogP contribution in [-0.2, 0) is 4.79 Å². The first-order chi connectivity index (χ1) is 12.5. The van der Waals surface area contributed by atoms with Crippen LogP contribution in [0.5, 0.6) is 11.5 Å². The van der Waals surface area contributed by atoms with Gasteiger partial charge >= 0.3 is 0 Å². The third-order valence-electron chi connectivity index (χ3n) is 4.29. The Hall–Kier alpha value is -1.99. The Bertz CT molecular complexity index is 654. The van der Waals surface area contributed by atoms with E-state index in [0.717, 1.165) is 12.8 Å². The zero-order valence-corrected chi connectivity index (χ0v) is 16.0. The van der Waals surface area contributed by atoms with Crippen molar-refractivity contribution in [1.82, 2.24) is 10.2 Å². The molecular formula is C18H26ClN3O4.